The van der Waals surface area contributed by atoms with Crippen molar-refractivity contribution in [2.24, 2.45) is 0 Å². The Morgan fingerprint density at radius 3 is 2.17 bits per heavy atom. The summed E-state index contributed by atoms with van der Waals surface area (Å²) in [6, 6.07) is 17.8. The minimum atomic E-state index is -4.20. The van der Waals surface area contributed by atoms with Crippen molar-refractivity contribution in [1.29, 1.82) is 0 Å². The summed E-state index contributed by atoms with van der Waals surface area (Å²) >= 11 is 3.41. The second-order valence-electron chi connectivity index (χ2n) is 10.1. The first-order valence-electron chi connectivity index (χ1n) is 13.2. The lowest BCUT2D eigenvalue weighted by atomic mass is 10.1. The molecule has 3 aromatic rings. The van der Waals surface area contributed by atoms with E-state index in [1.54, 1.807) is 19.1 Å². The summed E-state index contributed by atoms with van der Waals surface area (Å²) in [5, 5.41) is 3.05. The van der Waals surface area contributed by atoms with Gasteiger partial charge >= 0.3 is 0 Å². The van der Waals surface area contributed by atoms with Gasteiger partial charge in [0.2, 0.25) is 11.8 Å². The number of sulfonamides is 1. The van der Waals surface area contributed by atoms with E-state index in [9.17, 15) is 22.4 Å². The van der Waals surface area contributed by atoms with Crippen molar-refractivity contribution in [2.45, 2.75) is 63.1 Å². The molecule has 0 spiro atoms. The van der Waals surface area contributed by atoms with Crippen LogP contribution < -0.4 is 9.62 Å². The number of halogens is 2. The molecular formula is C30H33BrFN3O4S. The van der Waals surface area contributed by atoms with Crippen LogP contribution in [0.2, 0.25) is 0 Å². The normalized spacial score (nSPS) is 14.5. The van der Waals surface area contributed by atoms with E-state index in [0.29, 0.717) is 0 Å². The molecule has 212 valence electrons. The molecule has 4 rings (SSSR count). The third kappa shape index (κ3) is 7.28. The molecular weight excluding hydrogens is 597 g/mol. The molecule has 0 aliphatic heterocycles. The maximum atomic E-state index is 13.9. The zero-order valence-electron chi connectivity index (χ0n) is 22.5. The standard InChI is InChI=1S/C30H33BrFN3O4S/c1-21-7-17-28(18-8-21)40(38,39)35(27-15-13-25(32)14-16-27)20-29(36)34(19-23-9-11-24(31)12-10-23)22(2)30(37)33-26-5-3-4-6-26/h7-18,22,26H,3-6,19-20H2,1-2H3,(H,33,37)/t22-/m0/s1. The number of benzene rings is 3. The fraction of sp³-hybridized carbons (Fsp3) is 0.333. The number of carbonyl (C=O) groups excluding carboxylic acids is 2. The van der Waals surface area contributed by atoms with Gasteiger partial charge in [-0.3, -0.25) is 13.9 Å². The van der Waals surface area contributed by atoms with Crippen LogP contribution in [-0.2, 0) is 26.2 Å². The van der Waals surface area contributed by atoms with E-state index in [2.05, 4.69) is 21.2 Å². The van der Waals surface area contributed by atoms with E-state index in [1.165, 1.54) is 29.2 Å². The molecule has 1 atom stereocenters. The van der Waals surface area contributed by atoms with Gasteiger partial charge in [-0.1, -0.05) is 58.6 Å². The minimum Gasteiger partial charge on any atom is -0.352 e. The number of rotatable bonds is 10. The van der Waals surface area contributed by atoms with E-state index >= 15 is 0 Å². The molecule has 1 N–H and O–H groups in total. The van der Waals surface area contributed by atoms with Gasteiger partial charge in [0, 0.05) is 17.1 Å². The van der Waals surface area contributed by atoms with Crippen molar-refractivity contribution in [2.75, 3.05) is 10.8 Å². The number of carbonyl (C=O) groups is 2. The molecule has 3 aromatic carbocycles. The first kappa shape index (κ1) is 29.7. The van der Waals surface area contributed by atoms with Crippen LogP contribution in [0.3, 0.4) is 0 Å². The molecule has 40 heavy (non-hydrogen) atoms. The lowest BCUT2D eigenvalue weighted by molar-refractivity contribution is -0.139. The van der Waals surface area contributed by atoms with Crippen LogP contribution in [0.15, 0.2) is 82.2 Å². The molecule has 0 bridgehead atoms. The Kier molecular flexibility index (Phi) is 9.63. The van der Waals surface area contributed by atoms with E-state index in [1.807, 2.05) is 31.2 Å². The molecule has 0 unspecified atom stereocenters. The summed E-state index contributed by atoms with van der Waals surface area (Å²) in [6.45, 7) is 3.03. The Labute approximate surface area is 243 Å². The monoisotopic (exact) mass is 629 g/mol. The first-order valence-corrected chi connectivity index (χ1v) is 15.5. The summed E-state index contributed by atoms with van der Waals surface area (Å²) in [5.74, 6) is -1.37. The molecule has 0 saturated heterocycles. The van der Waals surface area contributed by atoms with Gasteiger partial charge in [-0.2, -0.15) is 0 Å². The number of aryl methyl sites for hydroxylation is 1. The highest BCUT2D eigenvalue weighted by molar-refractivity contribution is 9.10. The lowest BCUT2D eigenvalue weighted by Crippen LogP contribution is -2.52. The SMILES string of the molecule is Cc1ccc(S(=O)(=O)N(CC(=O)N(Cc2ccc(Br)cc2)[C@@H](C)C(=O)NC2CCCC2)c2ccc(F)cc2)cc1. The van der Waals surface area contributed by atoms with Crippen LogP contribution in [-0.4, -0.2) is 43.8 Å². The zero-order valence-corrected chi connectivity index (χ0v) is 24.9. The second-order valence-corrected chi connectivity index (χ2v) is 12.9. The minimum absolute atomic E-state index is 0.00158. The average molecular weight is 631 g/mol. The fourth-order valence-electron chi connectivity index (χ4n) is 4.73. The van der Waals surface area contributed by atoms with Crippen LogP contribution in [0.4, 0.5) is 10.1 Å². The number of anilines is 1. The van der Waals surface area contributed by atoms with Gasteiger partial charge in [-0.25, -0.2) is 12.8 Å². The highest BCUT2D eigenvalue weighted by atomic mass is 79.9. The Hall–Kier alpha value is -3.24. The largest absolute Gasteiger partial charge is 0.352 e. The van der Waals surface area contributed by atoms with E-state index in [-0.39, 0.29) is 29.1 Å². The van der Waals surface area contributed by atoms with Gasteiger partial charge in [-0.05, 0) is 80.8 Å². The molecule has 0 radical (unpaired) electrons. The number of nitrogens with one attached hydrogen (secondary N) is 1. The highest BCUT2D eigenvalue weighted by Gasteiger charge is 2.33. The Balaban J connectivity index is 1.67. The van der Waals surface area contributed by atoms with Crippen molar-refractivity contribution < 1.29 is 22.4 Å². The molecule has 1 saturated carbocycles. The predicted molar refractivity (Wildman–Crippen MR) is 157 cm³/mol. The van der Waals surface area contributed by atoms with E-state index in [4.69, 9.17) is 0 Å². The molecule has 1 aliphatic rings. The van der Waals surface area contributed by atoms with Crippen LogP contribution in [0.25, 0.3) is 0 Å². The van der Waals surface area contributed by atoms with E-state index < -0.39 is 34.3 Å². The van der Waals surface area contributed by atoms with Gasteiger partial charge in [-0.15, -0.1) is 0 Å². The molecule has 10 heteroatoms. The molecule has 0 aromatic heterocycles. The maximum Gasteiger partial charge on any atom is 0.264 e. The van der Waals surface area contributed by atoms with Crippen LogP contribution >= 0.6 is 15.9 Å². The fourth-order valence-corrected chi connectivity index (χ4v) is 6.41. The molecule has 1 aliphatic carbocycles. The van der Waals surface area contributed by atoms with Crippen LogP contribution in [0.5, 0.6) is 0 Å². The smallest absolute Gasteiger partial charge is 0.264 e. The zero-order chi connectivity index (χ0) is 28.9. The van der Waals surface area contributed by atoms with Crippen molar-refractivity contribution in [3.63, 3.8) is 0 Å². The third-order valence-electron chi connectivity index (χ3n) is 7.14. The van der Waals surface area contributed by atoms with Gasteiger partial charge < -0.3 is 10.2 Å². The van der Waals surface area contributed by atoms with Crippen LogP contribution in [0, 0.1) is 12.7 Å². The predicted octanol–water partition coefficient (Wildman–Crippen LogP) is 5.57. The van der Waals surface area contributed by atoms with Crippen molar-refractivity contribution in [1.82, 2.24) is 10.2 Å². The van der Waals surface area contributed by atoms with E-state index in [0.717, 1.165) is 57.7 Å². The summed E-state index contributed by atoms with van der Waals surface area (Å²) in [7, 11) is -4.20. The maximum absolute atomic E-state index is 13.9. The summed E-state index contributed by atoms with van der Waals surface area (Å²) < 4.78 is 43.2. The average Bonchev–Trinajstić information content (AvgIpc) is 3.44. The number of hydrogen-bond acceptors (Lipinski definition) is 4. The Morgan fingerprint density at radius 2 is 1.57 bits per heavy atom. The summed E-state index contributed by atoms with van der Waals surface area (Å²) in [5.41, 5.74) is 1.81. The van der Waals surface area contributed by atoms with Crippen LogP contribution in [0.1, 0.15) is 43.7 Å². The Bertz CT molecular complexity index is 1430. The van der Waals surface area contributed by atoms with Crippen molar-refractivity contribution in [3.8, 4) is 0 Å². The summed E-state index contributed by atoms with van der Waals surface area (Å²) in [6.07, 6.45) is 3.88. The second kappa shape index (κ2) is 13.0. The lowest BCUT2D eigenvalue weighted by Gasteiger charge is -2.32. The number of hydrogen-bond donors (Lipinski definition) is 1. The van der Waals surface area contributed by atoms with Gasteiger partial charge in [0.05, 0.1) is 10.6 Å². The number of nitrogens with zero attached hydrogens (tertiary/aromatic N) is 2. The van der Waals surface area contributed by atoms with Crippen molar-refractivity contribution in [3.05, 3.63) is 94.2 Å². The molecule has 0 heterocycles. The summed E-state index contributed by atoms with van der Waals surface area (Å²) in [4.78, 5) is 28.6. The Morgan fingerprint density at radius 1 is 0.975 bits per heavy atom. The highest BCUT2D eigenvalue weighted by Crippen LogP contribution is 2.26. The first-order chi connectivity index (χ1) is 19.0. The molecule has 7 nitrogen and oxygen atoms in total. The third-order valence-corrected chi connectivity index (χ3v) is 9.45. The quantitative estimate of drug-likeness (QED) is 0.318. The molecule has 1 fully saturated rings. The topological polar surface area (TPSA) is 86.8 Å². The molecule has 2 amide bonds. The van der Waals surface area contributed by atoms with Crippen molar-refractivity contribution >= 4 is 43.5 Å². The van der Waals surface area contributed by atoms with Gasteiger partial charge in [0.15, 0.2) is 0 Å². The van der Waals surface area contributed by atoms with Gasteiger partial charge in [0.25, 0.3) is 10.0 Å². The van der Waals surface area contributed by atoms with Gasteiger partial charge in [0.1, 0.15) is 18.4 Å². The number of amides is 2.